The molecule has 11 heteroatoms. The molecule has 0 unspecified atom stereocenters. The number of hydrogen-bond donors (Lipinski definition) is 2. The monoisotopic (exact) mass is 503 g/mol. The molecule has 34 heavy (non-hydrogen) atoms. The SMILES string of the molecule is CCCCc1cc(OC)c(Nc2ncc(Cl)c(Nc3ccccc3P(C)(C)=O)n2)cc1[N+](=O)[O-]. The summed E-state index contributed by atoms with van der Waals surface area (Å²) in [4.78, 5) is 19.9. The van der Waals surface area contributed by atoms with Gasteiger partial charge in [0.25, 0.3) is 5.69 Å². The molecule has 0 spiro atoms. The molecule has 0 aliphatic rings. The number of nitro groups is 1. The maximum absolute atomic E-state index is 12.7. The standard InChI is InChI=1S/C23H27ClN5O4P/c1-5-6-9-15-12-20(33-2)18(13-19(15)29(30)31)27-23-25-14-16(24)22(28-23)26-17-10-7-8-11-21(17)34(3,4)32/h7-8,10-14H,5-6,9H2,1-4H3,(H2,25,26,27,28). The minimum atomic E-state index is -2.56. The van der Waals surface area contributed by atoms with Crippen LogP contribution >= 0.6 is 18.7 Å². The number of nitro benzene ring substituents is 1. The number of halogens is 1. The van der Waals surface area contributed by atoms with Gasteiger partial charge in [0.05, 0.1) is 29.6 Å². The van der Waals surface area contributed by atoms with Crippen molar-refractivity contribution >= 4 is 52.9 Å². The van der Waals surface area contributed by atoms with E-state index in [1.165, 1.54) is 19.4 Å². The van der Waals surface area contributed by atoms with Crippen LogP contribution in [0.4, 0.5) is 28.8 Å². The van der Waals surface area contributed by atoms with E-state index in [1.54, 1.807) is 31.5 Å². The van der Waals surface area contributed by atoms with Crippen LogP contribution in [0.15, 0.2) is 42.6 Å². The highest BCUT2D eigenvalue weighted by Crippen LogP contribution is 2.39. The van der Waals surface area contributed by atoms with Crippen molar-refractivity contribution in [1.82, 2.24) is 9.97 Å². The molecule has 0 atom stereocenters. The van der Waals surface area contributed by atoms with Gasteiger partial charge in [-0.25, -0.2) is 4.98 Å². The van der Waals surface area contributed by atoms with Crippen LogP contribution in [-0.2, 0) is 11.0 Å². The predicted molar refractivity (Wildman–Crippen MR) is 137 cm³/mol. The third-order valence-corrected chi connectivity index (χ3v) is 6.95. The smallest absolute Gasteiger partial charge is 0.274 e. The molecule has 2 aromatic carbocycles. The maximum Gasteiger partial charge on any atom is 0.274 e. The fourth-order valence-corrected chi connectivity index (χ4v) is 4.72. The molecule has 2 N–H and O–H groups in total. The number of ether oxygens (including phenoxy) is 1. The van der Waals surface area contributed by atoms with Crippen molar-refractivity contribution in [1.29, 1.82) is 0 Å². The quantitative estimate of drug-likeness (QED) is 0.193. The molecule has 1 heterocycles. The van der Waals surface area contributed by atoms with Gasteiger partial charge in [0.1, 0.15) is 17.9 Å². The first-order valence-electron chi connectivity index (χ1n) is 10.7. The number of benzene rings is 2. The largest absolute Gasteiger partial charge is 0.495 e. The van der Waals surface area contributed by atoms with Crippen molar-refractivity contribution in [2.75, 3.05) is 31.1 Å². The molecular formula is C23H27ClN5O4P. The molecule has 0 radical (unpaired) electrons. The second-order valence-electron chi connectivity index (χ2n) is 8.05. The van der Waals surface area contributed by atoms with Gasteiger partial charge < -0.3 is 19.9 Å². The number of unbranched alkanes of at least 4 members (excludes halogenated alkanes) is 1. The lowest BCUT2D eigenvalue weighted by molar-refractivity contribution is -0.385. The molecule has 0 fully saturated rings. The fraction of sp³-hybridized carbons (Fsp3) is 0.304. The average molecular weight is 504 g/mol. The van der Waals surface area contributed by atoms with Gasteiger partial charge in [-0.3, -0.25) is 10.1 Å². The number of para-hydroxylation sites is 1. The Kier molecular flexibility index (Phi) is 8.12. The molecule has 3 rings (SSSR count). The normalized spacial score (nSPS) is 11.2. The minimum Gasteiger partial charge on any atom is -0.495 e. The minimum absolute atomic E-state index is 0.000339. The summed E-state index contributed by atoms with van der Waals surface area (Å²) in [5, 5.41) is 18.7. The molecule has 0 saturated heterocycles. The van der Waals surface area contributed by atoms with Crippen molar-refractivity contribution < 1.29 is 14.2 Å². The second-order valence-corrected chi connectivity index (χ2v) is 11.6. The van der Waals surface area contributed by atoms with Crippen LogP contribution in [0.5, 0.6) is 5.75 Å². The van der Waals surface area contributed by atoms with Gasteiger partial charge in [0.15, 0.2) is 5.82 Å². The van der Waals surface area contributed by atoms with Crippen LogP contribution in [0.1, 0.15) is 25.3 Å². The van der Waals surface area contributed by atoms with Crippen molar-refractivity contribution in [2.45, 2.75) is 26.2 Å². The first-order chi connectivity index (χ1) is 16.1. The molecule has 0 saturated carbocycles. The summed E-state index contributed by atoms with van der Waals surface area (Å²) in [5.41, 5.74) is 1.58. The van der Waals surface area contributed by atoms with Gasteiger partial charge in [-0.1, -0.05) is 37.1 Å². The predicted octanol–water partition coefficient (Wildman–Crippen LogP) is 6.12. The Balaban J connectivity index is 1.96. The fourth-order valence-electron chi connectivity index (χ4n) is 3.43. The summed E-state index contributed by atoms with van der Waals surface area (Å²) < 4.78 is 18.1. The van der Waals surface area contributed by atoms with E-state index < -0.39 is 12.1 Å². The average Bonchev–Trinajstić information content (AvgIpc) is 2.79. The molecule has 0 amide bonds. The number of nitrogens with one attached hydrogen (secondary N) is 2. The summed E-state index contributed by atoms with van der Waals surface area (Å²) in [5.74, 6) is 0.899. The van der Waals surface area contributed by atoms with Gasteiger partial charge >= 0.3 is 0 Å². The first kappa shape index (κ1) is 25.5. The third kappa shape index (κ3) is 6.04. The zero-order valence-electron chi connectivity index (χ0n) is 19.5. The van der Waals surface area contributed by atoms with Gasteiger partial charge in [0.2, 0.25) is 5.95 Å². The van der Waals surface area contributed by atoms with Crippen LogP contribution in [-0.4, -0.2) is 35.3 Å². The molecular weight excluding hydrogens is 477 g/mol. The van der Waals surface area contributed by atoms with E-state index in [4.69, 9.17) is 16.3 Å². The van der Waals surface area contributed by atoms with E-state index in [-0.39, 0.29) is 16.7 Å². The Hall–Kier alpha value is -3.16. The van der Waals surface area contributed by atoms with Gasteiger partial charge in [-0.05, 0) is 44.4 Å². The summed E-state index contributed by atoms with van der Waals surface area (Å²) in [6, 6.07) is 10.3. The highest BCUT2D eigenvalue weighted by Gasteiger charge is 2.20. The number of aryl methyl sites for hydroxylation is 1. The zero-order chi connectivity index (χ0) is 24.9. The first-order valence-corrected chi connectivity index (χ1v) is 13.7. The lowest BCUT2D eigenvalue weighted by Crippen LogP contribution is -2.11. The number of aromatic nitrogens is 2. The highest BCUT2D eigenvalue weighted by molar-refractivity contribution is 7.70. The zero-order valence-corrected chi connectivity index (χ0v) is 21.1. The van der Waals surface area contributed by atoms with Gasteiger partial charge in [0, 0.05) is 16.9 Å². The Labute approximate surface area is 203 Å². The van der Waals surface area contributed by atoms with E-state index >= 15 is 0 Å². The van der Waals surface area contributed by atoms with E-state index in [0.717, 1.165) is 12.8 Å². The van der Waals surface area contributed by atoms with Crippen molar-refractivity contribution in [3.05, 3.63) is 63.3 Å². The van der Waals surface area contributed by atoms with Crippen molar-refractivity contribution in [3.8, 4) is 5.75 Å². The van der Waals surface area contributed by atoms with Crippen LogP contribution in [0, 0.1) is 10.1 Å². The molecule has 0 aliphatic heterocycles. The lowest BCUT2D eigenvalue weighted by Gasteiger charge is -2.16. The third-order valence-electron chi connectivity index (χ3n) is 5.12. The number of methoxy groups -OCH3 is 1. The molecule has 1 aromatic heterocycles. The number of rotatable bonds is 10. The Morgan fingerprint density at radius 2 is 1.91 bits per heavy atom. The Morgan fingerprint density at radius 1 is 1.18 bits per heavy atom. The number of hydrogen-bond acceptors (Lipinski definition) is 8. The molecule has 0 aliphatic carbocycles. The van der Waals surface area contributed by atoms with Crippen molar-refractivity contribution in [2.24, 2.45) is 0 Å². The Bertz CT molecular complexity index is 1250. The molecule has 3 aromatic rings. The summed E-state index contributed by atoms with van der Waals surface area (Å²) in [6.45, 7) is 5.40. The number of anilines is 4. The second kappa shape index (κ2) is 10.8. The van der Waals surface area contributed by atoms with Crippen molar-refractivity contribution in [3.63, 3.8) is 0 Å². The molecule has 180 valence electrons. The Morgan fingerprint density at radius 3 is 2.56 bits per heavy atom. The van der Waals surface area contributed by atoms with E-state index in [1.807, 2.05) is 19.1 Å². The highest BCUT2D eigenvalue weighted by atomic mass is 35.5. The van der Waals surface area contributed by atoms with Crippen LogP contribution < -0.4 is 20.7 Å². The van der Waals surface area contributed by atoms with Crippen LogP contribution in [0.2, 0.25) is 5.02 Å². The summed E-state index contributed by atoms with van der Waals surface area (Å²) in [7, 11) is -1.06. The maximum atomic E-state index is 12.7. The number of nitrogens with zero attached hydrogens (tertiary/aromatic N) is 3. The van der Waals surface area contributed by atoms with Crippen LogP contribution in [0.25, 0.3) is 0 Å². The van der Waals surface area contributed by atoms with Gasteiger partial charge in [-0.2, -0.15) is 4.98 Å². The van der Waals surface area contributed by atoms with E-state index in [9.17, 15) is 14.7 Å². The lowest BCUT2D eigenvalue weighted by atomic mass is 10.0. The van der Waals surface area contributed by atoms with Gasteiger partial charge in [-0.15, -0.1) is 0 Å². The topological polar surface area (TPSA) is 119 Å². The van der Waals surface area contributed by atoms with E-state index in [2.05, 4.69) is 20.6 Å². The molecule has 9 nitrogen and oxygen atoms in total. The van der Waals surface area contributed by atoms with Crippen LogP contribution in [0.3, 0.4) is 0 Å². The van der Waals surface area contributed by atoms with E-state index in [0.29, 0.717) is 40.2 Å². The molecule has 0 bridgehead atoms. The summed E-state index contributed by atoms with van der Waals surface area (Å²) in [6.07, 6.45) is 3.74. The summed E-state index contributed by atoms with van der Waals surface area (Å²) >= 11 is 6.31.